The molecule has 2 atom stereocenters. The van der Waals surface area contributed by atoms with Crippen LogP contribution in [-0.2, 0) is 0 Å². The van der Waals surface area contributed by atoms with E-state index in [-0.39, 0.29) is 30.5 Å². The quantitative estimate of drug-likeness (QED) is 0.807. The number of aliphatic hydroxyl groups is 1. The van der Waals surface area contributed by atoms with Crippen LogP contribution in [0.5, 0.6) is 0 Å². The van der Waals surface area contributed by atoms with Gasteiger partial charge in [0.15, 0.2) is 5.78 Å². The number of amides is 2. The number of hydrogen-bond acceptors (Lipinski definition) is 4. The molecule has 0 saturated carbocycles. The molecular formula is C20H22N2O3S. The molecule has 1 fully saturated rings. The molecule has 0 aliphatic carbocycles. The Morgan fingerprint density at radius 2 is 1.92 bits per heavy atom. The van der Waals surface area contributed by atoms with Crippen LogP contribution in [0.3, 0.4) is 0 Å². The van der Waals surface area contributed by atoms with Crippen LogP contribution in [0.1, 0.15) is 28.9 Å². The van der Waals surface area contributed by atoms with Crippen LogP contribution >= 0.6 is 11.8 Å². The highest BCUT2D eigenvalue weighted by Crippen LogP contribution is 2.33. The van der Waals surface area contributed by atoms with Crippen molar-refractivity contribution in [2.45, 2.75) is 19.0 Å². The molecule has 136 valence electrons. The lowest BCUT2D eigenvalue weighted by Crippen LogP contribution is -2.51. The largest absolute Gasteiger partial charge is 0.394 e. The molecule has 1 aliphatic heterocycles. The van der Waals surface area contributed by atoms with E-state index >= 15 is 0 Å². The van der Waals surface area contributed by atoms with Gasteiger partial charge in [0.05, 0.1) is 18.7 Å². The Morgan fingerprint density at radius 3 is 2.62 bits per heavy atom. The Balaban J connectivity index is 1.85. The number of carbonyl (C=O) groups excluding carboxylic acids is 2. The number of nitrogens with zero attached hydrogens (tertiary/aromatic N) is 1. The zero-order chi connectivity index (χ0) is 18.5. The topological polar surface area (TPSA) is 69.6 Å². The van der Waals surface area contributed by atoms with Gasteiger partial charge in [0.1, 0.15) is 0 Å². The lowest BCUT2D eigenvalue weighted by molar-refractivity contribution is 0.101. The number of anilines is 1. The van der Waals surface area contributed by atoms with Gasteiger partial charge < -0.3 is 15.3 Å². The van der Waals surface area contributed by atoms with Gasteiger partial charge in [-0.3, -0.25) is 4.79 Å². The van der Waals surface area contributed by atoms with Gasteiger partial charge in [0.25, 0.3) is 0 Å². The number of aliphatic hydroxyl groups excluding tert-OH is 1. The van der Waals surface area contributed by atoms with Gasteiger partial charge in [0, 0.05) is 22.8 Å². The van der Waals surface area contributed by atoms with Gasteiger partial charge in [-0.15, -0.1) is 0 Å². The summed E-state index contributed by atoms with van der Waals surface area (Å²) >= 11 is 1.74. The average molecular weight is 370 g/mol. The van der Waals surface area contributed by atoms with Crippen LogP contribution in [0, 0.1) is 0 Å². The summed E-state index contributed by atoms with van der Waals surface area (Å²) in [5.74, 6) is 1.42. The van der Waals surface area contributed by atoms with E-state index in [1.165, 1.54) is 6.92 Å². The van der Waals surface area contributed by atoms with Crippen molar-refractivity contribution in [3.05, 3.63) is 65.7 Å². The Labute approximate surface area is 157 Å². The van der Waals surface area contributed by atoms with Gasteiger partial charge in [-0.2, -0.15) is 11.8 Å². The molecule has 5 nitrogen and oxygen atoms in total. The Bertz CT molecular complexity index is 782. The second-order valence-corrected chi connectivity index (χ2v) is 7.35. The van der Waals surface area contributed by atoms with Crippen LogP contribution in [0.2, 0.25) is 0 Å². The highest BCUT2D eigenvalue weighted by molar-refractivity contribution is 7.99. The van der Waals surface area contributed by atoms with Crippen molar-refractivity contribution in [2.24, 2.45) is 0 Å². The van der Waals surface area contributed by atoms with Gasteiger partial charge in [-0.25, -0.2) is 4.79 Å². The lowest BCUT2D eigenvalue weighted by atomic mass is 10.1. The second-order valence-electron chi connectivity index (χ2n) is 6.27. The fourth-order valence-corrected chi connectivity index (χ4v) is 4.37. The molecule has 3 rings (SSSR count). The summed E-state index contributed by atoms with van der Waals surface area (Å²) < 4.78 is 0. The summed E-state index contributed by atoms with van der Waals surface area (Å²) in [5, 5.41) is 12.7. The minimum atomic E-state index is -0.265. The Hall–Kier alpha value is -2.31. The molecule has 2 N–H and O–H groups in total. The van der Waals surface area contributed by atoms with E-state index < -0.39 is 0 Å². The van der Waals surface area contributed by atoms with E-state index in [1.54, 1.807) is 40.9 Å². The van der Waals surface area contributed by atoms with Gasteiger partial charge in [-0.1, -0.05) is 42.5 Å². The number of hydrogen-bond donors (Lipinski definition) is 2. The molecule has 2 amide bonds. The summed E-state index contributed by atoms with van der Waals surface area (Å²) in [7, 11) is 0. The van der Waals surface area contributed by atoms with E-state index in [4.69, 9.17) is 0 Å². The molecule has 0 spiro atoms. The zero-order valence-corrected chi connectivity index (χ0v) is 15.4. The number of Topliss-reactive ketones (excluding diaryl/α,β-unsaturated/α-hetero) is 1. The van der Waals surface area contributed by atoms with Crippen LogP contribution in [0.25, 0.3) is 0 Å². The lowest BCUT2D eigenvalue weighted by Gasteiger charge is -2.41. The number of rotatable bonds is 4. The van der Waals surface area contributed by atoms with Crippen molar-refractivity contribution in [1.82, 2.24) is 4.90 Å². The number of carbonyl (C=O) groups is 2. The van der Waals surface area contributed by atoms with Gasteiger partial charge >= 0.3 is 6.03 Å². The fourth-order valence-electron chi connectivity index (χ4n) is 3.11. The molecule has 0 unspecified atom stereocenters. The predicted octanol–water partition coefficient (Wildman–Crippen LogP) is 3.57. The molecule has 0 radical (unpaired) electrons. The summed E-state index contributed by atoms with van der Waals surface area (Å²) in [5.41, 5.74) is 2.17. The second kappa shape index (κ2) is 8.38. The smallest absolute Gasteiger partial charge is 0.322 e. The Morgan fingerprint density at radius 1 is 1.15 bits per heavy atom. The molecule has 0 bridgehead atoms. The molecule has 26 heavy (non-hydrogen) atoms. The van der Waals surface area contributed by atoms with Gasteiger partial charge in [0.2, 0.25) is 0 Å². The molecule has 6 heteroatoms. The molecule has 2 aromatic rings. The first-order chi connectivity index (χ1) is 12.6. The van der Waals surface area contributed by atoms with Crippen molar-refractivity contribution >= 4 is 29.3 Å². The number of ketones is 1. The monoisotopic (exact) mass is 370 g/mol. The Kier molecular flexibility index (Phi) is 5.96. The summed E-state index contributed by atoms with van der Waals surface area (Å²) in [6.07, 6.45) is 0. The zero-order valence-electron chi connectivity index (χ0n) is 14.6. The van der Waals surface area contributed by atoms with E-state index in [9.17, 15) is 14.7 Å². The highest BCUT2D eigenvalue weighted by Gasteiger charge is 2.35. The minimum Gasteiger partial charge on any atom is -0.394 e. The van der Waals surface area contributed by atoms with E-state index in [0.717, 1.165) is 11.3 Å². The van der Waals surface area contributed by atoms with Crippen molar-refractivity contribution in [2.75, 3.05) is 23.4 Å². The van der Waals surface area contributed by atoms with Crippen LogP contribution in [0.4, 0.5) is 10.5 Å². The van der Waals surface area contributed by atoms with Crippen LogP contribution < -0.4 is 5.32 Å². The summed E-state index contributed by atoms with van der Waals surface area (Å²) in [6.45, 7) is 1.41. The minimum absolute atomic E-state index is 0.0501. The van der Waals surface area contributed by atoms with E-state index in [2.05, 4.69) is 5.32 Å². The molecule has 1 heterocycles. The fraction of sp³-hybridized carbons (Fsp3) is 0.300. The maximum atomic E-state index is 13.0. The predicted molar refractivity (Wildman–Crippen MR) is 105 cm³/mol. The number of urea groups is 1. The van der Waals surface area contributed by atoms with E-state index in [1.807, 2.05) is 30.3 Å². The van der Waals surface area contributed by atoms with Crippen LogP contribution in [-0.4, -0.2) is 46.0 Å². The number of thioether (sulfide) groups is 1. The summed E-state index contributed by atoms with van der Waals surface area (Å²) in [4.78, 5) is 26.3. The third kappa shape index (κ3) is 4.08. The number of benzene rings is 2. The first-order valence-corrected chi connectivity index (χ1v) is 9.69. The highest BCUT2D eigenvalue weighted by atomic mass is 32.2. The molecule has 1 aliphatic rings. The van der Waals surface area contributed by atoms with Crippen molar-refractivity contribution < 1.29 is 14.7 Å². The normalized spacial score (nSPS) is 19.8. The standard InChI is InChI=1S/C20H22N2O3S/c1-14(24)16-8-5-9-17(10-16)21-20(25)22-18(11-23)12-26-13-19(22)15-6-3-2-4-7-15/h2-10,18-19,23H,11-13H2,1H3,(H,21,25)/t18-,19+/m1/s1. The maximum absolute atomic E-state index is 13.0. The first kappa shape index (κ1) is 18.5. The molecular weight excluding hydrogens is 348 g/mol. The van der Waals surface area contributed by atoms with Crippen molar-refractivity contribution in [3.8, 4) is 0 Å². The van der Waals surface area contributed by atoms with Crippen molar-refractivity contribution in [1.29, 1.82) is 0 Å². The third-order valence-corrected chi connectivity index (χ3v) is 5.64. The summed E-state index contributed by atoms with van der Waals surface area (Å²) in [6, 6.07) is 16.1. The third-order valence-electron chi connectivity index (χ3n) is 4.47. The SMILES string of the molecule is CC(=O)c1cccc(NC(=O)N2[C@H](CO)CSC[C@H]2c2ccccc2)c1. The number of nitrogens with one attached hydrogen (secondary N) is 1. The van der Waals surface area contributed by atoms with E-state index in [0.29, 0.717) is 17.0 Å². The molecule has 1 saturated heterocycles. The first-order valence-electron chi connectivity index (χ1n) is 8.54. The average Bonchev–Trinajstić information content (AvgIpc) is 2.68. The molecule has 0 aromatic heterocycles. The van der Waals surface area contributed by atoms with Crippen LogP contribution in [0.15, 0.2) is 54.6 Å². The maximum Gasteiger partial charge on any atom is 0.322 e. The molecule has 2 aromatic carbocycles. The van der Waals surface area contributed by atoms with Crippen molar-refractivity contribution in [3.63, 3.8) is 0 Å². The van der Waals surface area contributed by atoms with Gasteiger partial charge in [-0.05, 0) is 24.6 Å².